The first-order valence-corrected chi connectivity index (χ1v) is 8.75. The molecule has 3 aromatic rings. The summed E-state index contributed by atoms with van der Waals surface area (Å²) in [6.45, 7) is 1.88. The molecule has 2 heterocycles. The highest BCUT2D eigenvalue weighted by atomic mass is 32.2. The number of hydrogen-bond acceptors (Lipinski definition) is 6. The Morgan fingerprint density at radius 2 is 1.82 bits per heavy atom. The molecule has 0 fully saturated rings. The summed E-state index contributed by atoms with van der Waals surface area (Å²) in [4.78, 5) is 4.22. The predicted octanol–water partition coefficient (Wildman–Crippen LogP) is 1.12. The summed E-state index contributed by atoms with van der Waals surface area (Å²) in [7, 11) is -5.34. The molecule has 2 aromatic heterocycles. The molecule has 1 aromatic carbocycles. The van der Waals surface area contributed by atoms with Gasteiger partial charge in [0.15, 0.2) is 0 Å². The second kappa shape index (κ2) is 5.47. The molecule has 112 valence electrons. The van der Waals surface area contributed by atoms with Crippen molar-refractivity contribution in [3.63, 3.8) is 0 Å². The van der Waals surface area contributed by atoms with Gasteiger partial charge in [0, 0.05) is 22.6 Å². The number of nitrogens with zero attached hydrogens (tertiary/aromatic N) is 1. The number of aromatic nitrogens is 1. The van der Waals surface area contributed by atoms with E-state index < -0.39 is 17.0 Å². The molecule has 0 unspecified atom stereocenters. The third-order valence-corrected chi connectivity index (χ3v) is 6.42. The van der Waals surface area contributed by atoms with Crippen LogP contribution in [0, 0.1) is 6.92 Å². The lowest BCUT2D eigenvalue weighted by Crippen LogP contribution is -2.26. The summed E-state index contributed by atoms with van der Waals surface area (Å²) in [5.41, 5.74) is 0.970. The molecule has 22 heavy (non-hydrogen) atoms. The third-order valence-electron chi connectivity index (χ3n) is 3.28. The Morgan fingerprint density at radius 3 is 2.45 bits per heavy atom. The normalized spacial score (nSPS) is 11.8. The number of fused-ring (bicyclic) bond motifs is 1. The zero-order valence-electron chi connectivity index (χ0n) is 11.6. The van der Waals surface area contributed by atoms with Crippen LogP contribution in [0.25, 0.3) is 10.1 Å². The lowest BCUT2D eigenvalue weighted by atomic mass is 9.89. The van der Waals surface area contributed by atoms with E-state index in [1.807, 2.05) is 6.92 Å². The topological polar surface area (TPSA) is 87.5 Å². The SMILES string of the molecule is Cc1ccc(S(=O)(=O)c2cncc3cc(B(O)O)sc23)cc1. The van der Waals surface area contributed by atoms with Crippen molar-refractivity contribution in [1.29, 1.82) is 0 Å². The van der Waals surface area contributed by atoms with E-state index in [1.54, 1.807) is 24.3 Å². The highest BCUT2D eigenvalue weighted by Crippen LogP contribution is 2.30. The highest BCUT2D eigenvalue weighted by molar-refractivity contribution is 7.92. The fourth-order valence-corrected chi connectivity index (χ4v) is 4.79. The Hall–Kier alpha value is -1.74. The molecule has 0 saturated heterocycles. The average Bonchev–Trinajstić information content (AvgIpc) is 2.91. The van der Waals surface area contributed by atoms with Crippen molar-refractivity contribution in [3.8, 4) is 0 Å². The van der Waals surface area contributed by atoms with Crippen molar-refractivity contribution in [3.05, 3.63) is 48.3 Å². The van der Waals surface area contributed by atoms with Gasteiger partial charge in [0.05, 0.1) is 9.60 Å². The quantitative estimate of drug-likeness (QED) is 0.702. The molecular weight excluding hydrogens is 321 g/mol. The summed E-state index contributed by atoms with van der Waals surface area (Å²) >= 11 is 1.04. The lowest BCUT2D eigenvalue weighted by Gasteiger charge is -2.05. The number of sulfone groups is 1. The Bertz CT molecular complexity index is 933. The number of hydrogen-bond donors (Lipinski definition) is 2. The fourth-order valence-electron chi connectivity index (χ4n) is 2.12. The molecule has 0 atom stereocenters. The smallest absolute Gasteiger partial charge is 0.423 e. The summed E-state index contributed by atoms with van der Waals surface area (Å²) in [5, 5.41) is 19.1. The van der Waals surface area contributed by atoms with Gasteiger partial charge < -0.3 is 10.0 Å². The van der Waals surface area contributed by atoms with Gasteiger partial charge in [0.2, 0.25) is 9.84 Å². The molecule has 0 bridgehead atoms. The van der Waals surface area contributed by atoms with Crippen LogP contribution in [-0.4, -0.2) is 30.6 Å². The van der Waals surface area contributed by atoms with Crippen molar-refractivity contribution in [1.82, 2.24) is 4.98 Å². The Morgan fingerprint density at radius 1 is 1.14 bits per heavy atom. The van der Waals surface area contributed by atoms with Crippen LogP contribution in [0.1, 0.15) is 5.56 Å². The number of pyridine rings is 1. The fraction of sp³-hybridized carbons (Fsp3) is 0.0714. The van der Waals surface area contributed by atoms with Gasteiger partial charge in [-0.3, -0.25) is 4.98 Å². The van der Waals surface area contributed by atoms with Gasteiger partial charge in [-0.2, -0.15) is 0 Å². The molecule has 5 nitrogen and oxygen atoms in total. The van der Waals surface area contributed by atoms with Gasteiger partial charge in [-0.05, 0) is 25.1 Å². The van der Waals surface area contributed by atoms with Gasteiger partial charge >= 0.3 is 7.12 Å². The minimum Gasteiger partial charge on any atom is -0.423 e. The molecular formula is C14H12BNO4S2. The molecule has 0 radical (unpaired) electrons. The largest absolute Gasteiger partial charge is 0.499 e. The minimum atomic E-state index is -3.71. The lowest BCUT2D eigenvalue weighted by molar-refractivity contribution is 0.427. The van der Waals surface area contributed by atoms with E-state index in [2.05, 4.69) is 4.98 Å². The number of thiophene rings is 1. The van der Waals surface area contributed by atoms with Gasteiger partial charge in [-0.25, -0.2) is 8.42 Å². The van der Waals surface area contributed by atoms with Gasteiger partial charge in [0.1, 0.15) is 4.90 Å². The van der Waals surface area contributed by atoms with Crippen LogP contribution in [0.2, 0.25) is 0 Å². The van der Waals surface area contributed by atoms with E-state index in [0.29, 0.717) is 10.1 Å². The Kier molecular flexibility index (Phi) is 3.78. The molecule has 0 aliphatic heterocycles. The summed E-state index contributed by atoms with van der Waals surface area (Å²) < 4.78 is 26.3. The highest BCUT2D eigenvalue weighted by Gasteiger charge is 2.24. The molecule has 8 heteroatoms. The van der Waals surface area contributed by atoms with Crippen LogP contribution < -0.4 is 4.78 Å². The maximum atomic E-state index is 12.8. The van der Waals surface area contributed by atoms with Gasteiger partial charge in [0.25, 0.3) is 0 Å². The van der Waals surface area contributed by atoms with Crippen molar-refractivity contribution >= 4 is 43.2 Å². The first-order chi connectivity index (χ1) is 10.4. The predicted molar refractivity (Wildman–Crippen MR) is 86.1 cm³/mol. The van der Waals surface area contributed by atoms with Crippen LogP contribution in [-0.2, 0) is 9.84 Å². The standard InChI is InChI=1S/C14H12BNO4S2/c1-9-2-4-11(5-3-9)22(19,20)12-8-16-7-10-6-13(15(17)18)21-14(10)12/h2-8,17-18H,1H3. The second-order valence-electron chi connectivity index (χ2n) is 4.89. The third kappa shape index (κ3) is 2.54. The molecule has 3 rings (SSSR count). The van der Waals surface area contributed by atoms with E-state index >= 15 is 0 Å². The van der Waals surface area contributed by atoms with Crippen LogP contribution in [0.4, 0.5) is 0 Å². The maximum Gasteiger partial charge on any atom is 0.499 e. The van der Waals surface area contributed by atoms with Crippen LogP contribution >= 0.6 is 11.3 Å². The van der Waals surface area contributed by atoms with E-state index in [0.717, 1.165) is 16.9 Å². The summed E-state index contributed by atoms with van der Waals surface area (Å²) in [6, 6.07) is 8.11. The molecule has 0 amide bonds. The van der Waals surface area contributed by atoms with Gasteiger partial charge in [-0.15, -0.1) is 11.3 Å². The van der Waals surface area contributed by atoms with Crippen molar-refractivity contribution in [2.75, 3.05) is 0 Å². The summed E-state index contributed by atoms with van der Waals surface area (Å²) in [5.74, 6) is 0. The monoisotopic (exact) mass is 333 g/mol. The number of aryl methyl sites for hydroxylation is 1. The average molecular weight is 333 g/mol. The Labute approximate surface area is 132 Å². The van der Waals surface area contributed by atoms with Crippen LogP contribution in [0.5, 0.6) is 0 Å². The zero-order chi connectivity index (χ0) is 15.9. The van der Waals surface area contributed by atoms with Crippen molar-refractivity contribution in [2.45, 2.75) is 16.7 Å². The summed E-state index contributed by atoms with van der Waals surface area (Å²) in [6.07, 6.45) is 2.80. The molecule has 2 N–H and O–H groups in total. The van der Waals surface area contributed by atoms with E-state index in [4.69, 9.17) is 0 Å². The maximum absolute atomic E-state index is 12.8. The number of rotatable bonds is 3. The molecule has 0 saturated carbocycles. The first kappa shape index (κ1) is 15.2. The second-order valence-corrected chi connectivity index (χ2v) is 7.90. The minimum absolute atomic E-state index is 0.0748. The van der Waals surface area contributed by atoms with E-state index in [1.165, 1.54) is 18.5 Å². The van der Waals surface area contributed by atoms with E-state index in [-0.39, 0.29) is 14.6 Å². The first-order valence-electron chi connectivity index (χ1n) is 6.45. The van der Waals surface area contributed by atoms with E-state index in [9.17, 15) is 18.5 Å². The Balaban J connectivity index is 2.22. The van der Waals surface area contributed by atoms with Crippen LogP contribution in [0.3, 0.4) is 0 Å². The zero-order valence-corrected chi connectivity index (χ0v) is 13.2. The molecule has 0 aliphatic rings. The van der Waals surface area contributed by atoms with Crippen molar-refractivity contribution in [2.24, 2.45) is 0 Å². The van der Waals surface area contributed by atoms with Crippen LogP contribution in [0.15, 0.2) is 52.5 Å². The van der Waals surface area contributed by atoms with Crippen molar-refractivity contribution < 1.29 is 18.5 Å². The molecule has 0 spiro atoms. The van der Waals surface area contributed by atoms with Gasteiger partial charge in [-0.1, -0.05) is 17.7 Å². The number of benzene rings is 1. The molecule has 0 aliphatic carbocycles.